The Hall–Kier alpha value is -2.00. The molecule has 0 aliphatic rings. The third-order valence-electron chi connectivity index (χ3n) is 5.36. The van der Waals surface area contributed by atoms with Crippen molar-refractivity contribution in [3.63, 3.8) is 0 Å². The first-order chi connectivity index (χ1) is 16.3. The molecule has 11 heteroatoms. The average Bonchev–Trinajstić information content (AvgIpc) is 2.74. The zero-order chi connectivity index (χ0) is 26.5. The summed E-state index contributed by atoms with van der Waals surface area (Å²) < 4.78 is 26.3. The molecule has 0 saturated carbocycles. The van der Waals surface area contributed by atoms with Crippen LogP contribution in [-0.4, -0.2) is 50.0 Å². The first kappa shape index (κ1) is 29.2. The second-order valence-corrected chi connectivity index (χ2v) is 11.7. The van der Waals surface area contributed by atoms with Crippen LogP contribution in [0.2, 0.25) is 15.1 Å². The fourth-order valence-corrected chi connectivity index (χ4v) is 5.12. The first-order valence-corrected chi connectivity index (χ1v) is 14.0. The van der Waals surface area contributed by atoms with E-state index in [1.165, 1.54) is 17.0 Å². The van der Waals surface area contributed by atoms with Gasteiger partial charge in [-0.2, -0.15) is 0 Å². The van der Waals surface area contributed by atoms with Crippen molar-refractivity contribution >= 4 is 62.3 Å². The maximum Gasteiger partial charge on any atom is 0.244 e. The van der Waals surface area contributed by atoms with E-state index in [1.807, 2.05) is 45.0 Å². The van der Waals surface area contributed by atoms with Gasteiger partial charge in [0, 0.05) is 12.6 Å². The first-order valence-electron chi connectivity index (χ1n) is 11.0. The van der Waals surface area contributed by atoms with Gasteiger partial charge in [-0.05, 0) is 50.5 Å². The molecule has 192 valence electrons. The van der Waals surface area contributed by atoms with Crippen molar-refractivity contribution in [3.05, 3.63) is 62.6 Å². The zero-order valence-corrected chi connectivity index (χ0v) is 23.4. The molecule has 1 N–H and O–H groups in total. The van der Waals surface area contributed by atoms with Gasteiger partial charge >= 0.3 is 0 Å². The lowest BCUT2D eigenvalue weighted by Gasteiger charge is -2.33. The summed E-state index contributed by atoms with van der Waals surface area (Å²) in [7, 11) is -3.95. The van der Waals surface area contributed by atoms with Crippen LogP contribution in [0.1, 0.15) is 38.3 Å². The summed E-state index contributed by atoms with van der Waals surface area (Å²) in [4.78, 5) is 28.1. The Balaban J connectivity index is 2.53. The number of benzene rings is 2. The molecule has 2 amide bonds. The van der Waals surface area contributed by atoms with E-state index in [0.717, 1.165) is 21.7 Å². The molecule has 1 unspecified atom stereocenters. The van der Waals surface area contributed by atoms with E-state index in [4.69, 9.17) is 34.8 Å². The molecule has 0 aliphatic heterocycles. The highest BCUT2D eigenvalue weighted by Gasteiger charge is 2.33. The molecular weight excluding hydrogens is 533 g/mol. The molecular formula is C24H30Cl3N3O4S. The van der Waals surface area contributed by atoms with Crippen molar-refractivity contribution in [2.45, 2.75) is 52.7 Å². The van der Waals surface area contributed by atoms with Crippen LogP contribution in [0.5, 0.6) is 0 Å². The number of rotatable bonds is 10. The van der Waals surface area contributed by atoms with E-state index in [-0.39, 0.29) is 39.2 Å². The molecule has 1 atom stereocenters. The summed E-state index contributed by atoms with van der Waals surface area (Å²) in [5.74, 6) is -0.880. The minimum atomic E-state index is -3.95. The molecule has 2 aromatic carbocycles. The van der Waals surface area contributed by atoms with Gasteiger partial charge in [-0.15, -0.1) is 0 Å². The highest BCUT2D eigenvalue weighted by atomic mass is 35.5. The second kappa shape index (κ2) is 12.3. The predicted molar refractivity (Wildman–Crippen MR) is 143 cm³/mol. The van der Waals surface area contributed by atoms with E-state index >= 15 is 0 Å². The van der Waals surface area contributed by atoms with Gasteiger partial charge in [0.1, 0.15) is 12.6 Å². The topological polar surface area (TPSA) is 86.8 Å². The predicted octanol–water partition coefficient (Wildman–Crippen LogP) is 5.05. The lowest BCUT2D eigenvalue weighted by Crippen LogP contribution is -2.53. The van der Waals surface area contributed by atoms with Crippen LogP contribution in [0, 0.1) is 6.92 Å². The summed E-state index contributed by atoms with van der Waals surface area (Å²) in [6.07, 6.45) is 1.30. The summed E-state index contributed by atoms with van der Waals surface area (Å²) in [6, 6.07) is 9.18. The summed E-state index contributed by atoms with van der Waals surface area (Å²) >= 11 is 18.4. The van der Waals surface area contributed by atoms with Gasteiger partial charge < -0.3 is 10.2 Å². The van der Waals surface area contributed by atoms with Gasteiger partial charge in [0.25, 0.3) is 0 Å². The Kier molecular flexibility index (Phi) is 10.3. The van der Waals surface area contributed by atoms with Gasteiger partial charge in [0.15, 0.2) is 0 Å². The van der Waals surface area contributed by atoms with Crippen molar-refractivity contribution < 1.29 is 18.0 Å². The van der Waals surface area contributed by atoms with E-state index in [1.54, 1.807) is 6.92 Å². The number of carbonyl (C=O) groups excluding carboxylic acids is 2. The van der Waals surface area contributed by atoms with Gasteiger partial charge in [-0.3, -0.25) is 13.9 Å². The van der Waals surface area contributed by atoms with Crippen molar-refractivity contribution in [1.82, 2.24) is 10.2 Å². The van der Waals surface area contributed by atoms with Crippen LogP contribution in [0.3, 0.4) is 0 Å². The number of hydrogen-bond donors (Lipinski definition) is 1. The molecule has 0 aromatic heterocycles. The molecule has 0 aliphatic carbocycles. The van der Waals surface area contributed by atoms with E-state index < -0.39 is 28.5 Å². The Labute approximate surface area is 222 Å². The van der Waals surface area contributed by atoms with E-state index in [9.17, 15) is 18.0 Å². The van der Waals surface area contributed by atoms with Gasteiger partial charge in [-0.25, -0.2) is 8.42 Å². The van der Waals surface area contributed by atoms with Crippen LogP contribution >= 0.6 is 34.8 Å². The maximum atomic E-state index is 13.7. The lowest BCUT2D eigenvalue weighted by molar-refractivity contribution is -0.140. The molecule has 7 nitrogen and oxygen atoms in total. The van der Waals surface area contributed by atoms with Gasteiger partial charge in [0.05, 0.1) is 27.0 Å². The van der Waals surface area contributed by atoms with Crippen molar-refractivity contribution in [3.8, 4) is 0 Å². The number of hydrogen-bond acceptors (Lipinski definition) is 4. The summed E-state index contributed by atoms with van der Waals surface area (Å²) in [5.41, 5.74) is 1.81. The number of sulfonamides is 1. The largest absolute Gasteiger partial charge is 0.352 e. The Morgan fingerprint density at radius 1 is 1.03 bits per heavy atom. The zero-order valence-electron chi connectivity index (χ0n) is 20.3. The lowest BCUT2D eigenvalue weighted by atomic mass is 10.1. The van der Waals surface area contributed by atoms with Crippen LogP contribution in [-0.2, 0) is 26.2 Å². The SMILES string of the molecule is CCC(C(=O)NC(C)C)N(Cc1ccccc1C)C(=O)CN(c1cc(Cl)c(Cl)cc1Cl)S(C)(=O)=O. The molecule has 2 rings (SSSR count). The summed E-state index contributed by atoms with van der Waals surface area (Å²) in [6.45, 7) is 6.92. The fraction of sp³-hybridized carbons (Fsp3) is 0.417. The molecule has 35 heavy (non-hydrogen) atoms. The third kappa shape index (κ3) is 7.74. The van der Waals surface area contributed by atoms with Crippen LogP contribution in [0.4, 0.5) is 5.69 Å². The van der Waals surface area contributed by atoms with Crippen LogP contribution in [0.15, 0.2) is 36.4 Å². The molecule has 2 aromatic rings. The maximum absolute atomic E-state index is 13.7. The minimum Gasteiger partial charge on any atom is -0.352 e. The Morgan fingerprint density at radius 2 is 1.63 bits per heavy atom. The number of carbonyl (C=O) groups is 2. The highest BCUT2D eigenvalue weighted by molar-refractivity contribution is 7.92. The standard InChI is InChI=1S/C24H30Cl3N3O4S/c1-6-21(24(32)28-15(2)3)29(13-17-10-8-7-9-16(17)4)23(31)14-30(35(5,33)34)22-12-19(26)18(25)11-20(22)27/h7-12,15,21H,6,13-14H2,1-5H3,(H,28,32). The third-order valence-corrected chi connectivity index (χ3v) is 7.51. The van der Waals surface area contributed by atoms with Crippen molar-refractivity contribution in [2.24, 2.45) is 0 Å². The summed E-state index contributed by atoms with van der Waals surface area (Å²) in [5, 5.41) is 3.11. The number of amides is 2. The normalized spacial score (nSPS) is 12.4. The number of aryl methyl sites for hydroxylation is 1. The molecule has 0 saturated heterocycles. The second-order valence-electron chi connectivity index (χ2n) is 8.52. The van der Waals surface area contributed by atoms with Gasteiger partial charge in [-0.1, -0.05) is 66.0 Å². The van der Waals surface area contributed by atoms with Crippen LogP contribution in [0.25, 0.3) is 0 Å². The number of nitrogens with zero attached hydrogens (tertiary/aromatic N) is 2. The average molecular weight is 563 g/mol. The minimum absolute atomic E-state index is 0.0208. The highest BCUT2D eigenvalue weighted by Crippen LogP contribution is 2.35. The molecule has 0 fully saturated rings. The molecule has 0 radical (unpaired) electrons. The molecule has 0 spiro atoms. The number of halogens is 3. The van der Waals surface area contributed by atoms with E-state index in [2.05, 4.69) is 5.32 Å². The van der Waals surface area contributed by atoms with Crippen molar-refractivity contribution in [1.29, 1.82) is 0 Å². The number of nitrogens with one attached hydrogen (secondary N) is 1. The quantitative estimate of drug-likeness (QED) is 0.411. The fourth-order valence-electron chi connectivity index (χ4n) is 3.57. The molecule has 0 heterocycles. The Morgan fingerprint density at radius 3 is 2.17 bits per heavy atom. The van der Waals surface area contributed by atoms with E-state index in [0.29, 0.717) is 6.42 Å². The van der Waals surface area contributed by atoms with Crippen molar-refractivity contribution in [2.75, 3.05) is 17.1 Å². The van der Waals surface area contributed by atoms with Gasteiger partial charge in [0.2, 0.25) is 21.8 Å². The van der Waals surface area contributed by atoms with Crippen LogP contribution < -0.4 is 9.62 Å². The smallest absolute Gasteiger partial charge is 0.244 e. The monoisotopic (exact) mass is 561 g/mol. The Bertz CT molecular complexity index is 1190. The number of anilines is 1. The molecule has 0 bridgehead atoms.